The van der Waals surface area contributed by atoms with E-state index in [4.69, 9.17) is 0 Å². The summed E-state index contributed by atoms with van der Waals surface area (Å²) in [5.74, 6) is 0.0354. The maximum Gasteiger partial charge on any atom is 0.231 e. The first-order valence-corrected chi connectivity index (χ1v) is 6.58. The summed E-state index contributed by atoms with van der Waals surface area (Å²) in [5, 5.41) is 2.91. The molecule has 0 aromatic heterocycles. The molecule has 0 saturated carbocycles. The number of benzene rings is 2. The number of fused-ring (bicyclic) bond motifs is 1. The Kier molecular flexibility index (Phi) is 2.67. The van der Waals surface area contributed by atoms with Crippen molar-refractivity contribution >= 4 is 11.6 Å². The molecule has 0 radical (unpaired) electrons. The number of anilines is 1. The van der Waals surface area contributed by atoms with Crippen LogP contribution in [0.25, 0.3) is 11.1 Å². The molecule has 1 unspecified atom stereocenters. The molecule has 0 spiro atoms. The second-order valence-electron chi connectivity index (χ2n) is 5.33. The largest absolute Gasteiger partial charge is 0.325 e. The van der Waals surface area contributed by atoms with Gasteiger partial charge in [0.25, 0.3) is 0 Å². The van der Waals surface area contributed by atoms with E-state index in [2.05, 4.69) is 49.5 Å². The molecule has 2 nitrogen and oxygen atoms in total. The SMILES string of the molecule is Cc1ccc(C)c(-c2ccc3c(c2)C(C)C(=O)N3)c1. The number of carbonyl (C=O) groups excluding carboxylic acids is 1. The molecule has 1 heterocycles. The lowest BCUT2D eigenvalue weighted by molar-refractivity contribution is -0.116. The molecule has 19 heavy (non-hydrogen) atoms. The molecule has 0 saturated heterocycles. The van der Waals surface area contributed by atoms with Crippen LogP contribution >= 0.6 is 0 Å². The number of hydrogen-bond donors (Lipinski definition) is 1. The molecule has 3 rings (SSSR count). The minimum absolute atomic E-state index is 0.0555. The Labute approximate surface area is 113 Å². The molecule has 1 N–H and O–H groups in total. The van der Waals surface area contributed by atoms with Gasteiger partial charge in [-0.2, -0.15) is 0 Å². The third-order valence-electron chi connectivity index (χ3n) is 3.87. The van der Waals surface area contributed by atoms with Gasteiger partial charge in [0, 0.05) is 5.69 Å². The first-order valence-electron chi connectivity index (χ1n) is 6.58. The molecular weight excluding hydrogens is 234 g/mol. The molecule has 0 bridgehead atoms. The van der Waals surface area contributed by atoms with Crippen LogP contribution in [-0.4, -0.2) is 5.91 Å². The van der Waals surface area contributed by atoms with E-state index in [1.54, 1.807) is 0 Å². The van der Waals surface area contributed by atoms with Gasteiger partial charge in [-0.05, 0) is 55.2 Å². The molecular formula is C17H17NO. The van der Waals surface area contributed by atoms with E-state index in [0.29, 0.717) is 0 Å². The highest BCUT2D eigenvalue weighted by atomic mass is 16.2. The number of nitrogens with one attached hydrogen (secondary N) is 1. The second-order valence-corrected chi connectivity index (χ2v) is 5.33. The Morgan fingerprint density at radius 3 is 2.63 bits per heavy atom. The van der Waals surface area contributed by atoms with Gasteiger partial charge < -0.3 is 5.32 Å². The standard InChI is InChI=1S/C17H17NO/c1-10-4-5-11(2)14(8-10)13-6-7-16-15(9-13)12(3)17(19)18-16/h4-9,12H,1-3H3,(H,18,19). The fourth-order valence-corrected chi connectivity index (χ4v) is 2.63. The van der Waals surface area contributed by atoms with Crippen molar-refractivity contribution in [1.29, 1.82) is 0 Å². The number of hydrogen-bond acceptors (Lipinski definition) is 1. The Bertz CT molecular complexity index is 673. The molecule has 1 atom stereocenters. The maximum absolute atomic E-state index is 11.7. The molecule has 96 valence electrons. The Morgan fingerprint density at radius 1 is 1.05 bits per heavy atom. The summed E-state index contributed by atoms with van der Waals surface area (Å²) in [6, 6.07) is 12.7. The van der Waals surface area contributed by atoms with Crippen molar-refractivity contribution in [2.24, 2.45) is 0 Å². The fourth-order valence-electron chi connectivity index (χ4n) is 2.63. The number of aryl methyl sites for hydroxylation is 2. The van der Waals surface area contributed by atoms with E-state index >= 15 is 0 Å². The first kappa shape index (κ1) is 12.0. The van der Waals surface area contributed by atoms with Crippen LogP contribution in [0.15, 0.2) is 36.4 Å². The number of carbonyl (C=O) groups is 1. The van der Waals surface area contributed by atoms with Crippen molar-refractivity contribution in [3.05, 3.63) is 53.1 Å². The molecule has 0 fully saturated rings. The van der Waals surface area contributed by atoms with Gasteiger partial charge in [0.1, 0.15) is 0 Å². The third-order valence-corrected chi connectivity index (χ3v) is 3.87. The van der Waals surface area contributed by atoms with Crippen LogP contribution in [0, 0.1) is 13.8 Å². The number of amides is 1. The van der Waals surface area contributed by atoms with Crippen LogP contribution in [-0.2, 0) is 4.79 Å². The van der Waals surface area contributed by atoms with Crippen LogP contribution in [0.4, 0.5) is 5.69 Å². The summed E-state index contributed by atoms with van der Waals surface area (Å²) < 4.78 is 0. The Hall–Kier alpha value is -2.09. The number of rotatable bonds is 1. The predicted octanol–water partition coefficient (Wildman–Crippen LogP) is 4.03. The van der Waals surface area contributed by atoms with Gasteiger partial charge >= 0.3 is 0 Å². The minimum atomic E-state index is -0.0555. The van der Waals surface area contributed by atoms with Crippen LogP contribution in [0.1, 0.15) is 29.5 Å². The average molecular weight is 251 g/mol. The zero-order valence-electron chi connectivity index (χ0n) is 11.4. The van der Waals surface area contributed by atoms with E-state index in [1.165, 1.54) is 22.3 Å². The maximum atomic E-state index is 11.7. The normalized spacial score (nSPS) is 17.2. The Balaban J connectivity index is 2.13. The summed E-state index contributed by atoms with van der Waals surface area (Å²) in [6.45, 7) is 6.17. The zero-order valence-corrected chi connectivity index (χ0v) is 11.4. The van der Waals surface area contributed by atoms with Gasteiger partial charge in [0.2, 0.25) is 5.91 Å². The summed E-state index contributed by atoms with van der Waals surface area (Å²) in [4.78, 5) is 11.7. The van der Waals surface area contributed by atoms with Crippen LogP contribution < -0.4 is 5.32 Å². The third kappa shape index (κ3) is 1.93. The molecule has 2 heteroatoms. The summed E-state index contributed by atoms with van der Waals surface area (Å²) in [5.41, 5.74) is 6.99. The lowest BCUT2D eigenvalue weighted by Crippen LogP contribution is -2.08. The summed E-state index contributed by atoms with van der Waals surface area (Å²) >= 11 is 0. The summed E-state index contributed by atoms with van der Waals surface area (Å²) in [7, 11) is 0. The van der Waals surface area contributed by atoms with E-state index in [-0.39, 0.29) is 11.8 Å². The Morgan fingerprint density at radius 2 is 1.84 bits per heavy atom. The van der Waals surface area contributed by atoms with E-state index < -0.39 is 0 Å². The zero-order chi connectivity index (χ0) is 13.6. The van der Waals surface area contributed by atoms with Gasteiger partial charge in [0.15, 0.2) is 0 Å². The van der Waals surface area contributed by atoms with Crippen LogP contribution in [0.2, 0.25) is 0 Å². The fraction of sp³-hybridized carbons (Fsp3) is 0.235. The first-order chi connectivity index (χ1) is 9.06. The quantitative estimate of drug-likeness (QED) is 0.814. The van der Waals surface area contributed by atoms with Crippen molar-refractivity contribution in [2.45, 2.75) is 26.7 Å². The molecule has 2 aromatic rings. The van der Waals surface area contributed by atoms with Gasteiger partial charge in [-0.1, -0.05) is 29.8 Å². The van der Waals surface area contributed by atoms with Gasteiger partial charge in [-0.15, -0.1) is 0 Å². The van der Waals surface area contributed by atoms with E-state index in [0.717, 1.165) is 11.3 Å². The van der Waals surface area contributed by atoms with Crippen LogP contribution in [0.5, 0.6) is 0 Å². The van der Waals surface area contributed by atoms with Crippen molar-refractivity contribution in [2.75, 3.05) is 5.32 Å². The highest BCUT2D eigenvalue weighted by Gasteiger charge is 2.26. The molecule has 1 aliphatic rings. The van der Waals surface area contributed by atoms with Crippen molar-refractivity contribution in [1.82, 2.24) is 0 Å². The van der Waals surface area contributed by atoms with Gasteiger partial charge in [-0.3, -0.25) is 4.79 Å². The minimum Gasteiger partial charge on any atom is -0.325 e. The van der Waals surface area contributed by atoms with Crippen molar-refractivity contribution in [3.63, 3.8) is 0 Å². The van der Waals surface area contributed by atoms with E-state index in [1.807, 2.05) is 13.0 Å². The van der Waals surface area contributed by atoms with Crippen LogP contribution in [0.3, 0.4) is 0 Å². The highest BCUT2D eigenvalue weighted by Crippen LogP contribution is 2.36. The monoisotopic (exact) mass is 251 g/mol. The lowest BCUT2D eigenvalue weighted by Gasteiger charge is -2.10. The smallest absolute Gasteiger partial charge is 0.231 e. The topological polar surface area (TPSA) is 29.1 Å². The predicted molar refractivity (Wildman–Crippen MR) is 78.4 cm³/mol. The molecule has 0 aliphatic carbocycles. The molecule has 1 amide bonds. The second kappa shape index (κ2) is 4.23. The molecule has 2 aromatic carbocycles. The van der Waals surface area contributed by atoms with Gasteiger partial charge in [0.05, 0.1) is 5.92 Å². The molecule has 1 aliphatic heterocycles. The average Bonchev–Trinajstić information content (AvgIpc) is 2.68. The van der Waals surface area contributed by atoms with E-state index in [9.17, 15) is 4.79 Å². The lowest BCUT2D eigenvalue weighted by atomic mass is 9.94. The van der Waals surface area contributed by atoms with Crippen molar-refractivity contribution < 1.29 is 4.79 Å². The van der Waals surface area contributed by atoms with Crippen molar-refractivity contribution in [3.8, 4) is 11.1 Å². The highest BCUT2D eigenvalue weighted by molar-refractivity contribution is 6.03. The van der Waals surface area contributed by atoms with Gasteiger partial charge in [-0.25, -0.2) is 0 Å². The summed E-state index contributed by atoms with van der Waals surface area (Å²) in [6.07, 6.45) is 0.